The molecule has 5 heterocycles. The Morgan fingerprint density at radius 2 is 0.892 bits per heavy atom. The van der Waals surface area contributed by atoms with Gasteiger partial charge in [0.05, 0.1) is 22.8 Å². The first kappa shape index (κ1) is 23.0. The largest absolute Gasteiger partial charge is 3.00 e. The molecule has 2 aromatic carbocycles. The van der Waals surface area contributed by atoms with Gasteiger partial charge in [0.15, 0.2) is 0 Å². The number of rotatable bonds is 2. The van der Waals surface area contributed by atoms with E-state index in [0.29, 0.717) is 0 Å². The zero-order valence-electron chi connectivity index (χ0n) is 19.7. The molecule has 8 bridgehead atoms. The first-order valence-electron chi connectivity index (χ1n) is 11.9. The Bertz CT molecular complexity index is 1690. The molecule has 7 rings (SSSR count). The van der Waals surface area contributed by atoms with Crippen LogP contribution >= 0.6 is 0 Å². The fourth-order valence-electron chi connectivity index (χ4n) is 4.76. The van der Waals surface area contributed by atoms with Crippen molar-refractivity contribution in [2.45, 2.75) is 0 Å². The Hall–Kier alpha value is -4.44. The summed E-state index contributed by atoms with van der Waals surface area (Å²) in [5.74, 6) is 0. The predicted molar refractivity (Wildman–Crippen MR) is 148 cm³/mol. The zero-order valence-corrected chi connectivity index (χ0v) is 20.8. The fourth-order valence-corrected chi connectivity index (χ4v) is 4.76. The first-order valence-corrected chi connectivity index (χ1v) is 11.9. The van der Waals surface area contributed by atoms with Gasteiger partial charge in [-0.1, -0.05) is 97.1 Å². The summed E-state index contributed by atoms with van der Waals surface area (Å²) in [7, 11) is 0. The summed E-state index contributed by atoms with van der Waals surface area (Å²) in [4.78, 5) is 19.8. The smallest absolute Gasteiger partial charge is 0.657 e. The van der Waals surface area contributed by atoms with Gasteiger partial charge in [0, 0.05) is 0 Å². The molecule has 175 valence electrons. The maximum absolute atomic E-state index is 4.95. The van der Waals surface area contributed by atoms with E-state index in [1.807, 2.05) is 72.8 Å². The van der Waals surface area contributed by atoms with Crippen LogP contribution in [0.2, 0.25) is 0 Å². The van der Waals surface area contributed by atoms with Gasteiger partial charge in [-0.2, -0.15) is 0 Å². The molecule has 0 spiro atoms. The van der Waals surface area contributed by atoms with Crippen molar-refractivity contribution < 1.29 is 17.1 Å². The molecule has 5 aromatic rings. The van der Waals surface area contributed by atoms with Crippen molar-refractivity contribution in [3.8, 4) is 22.3 Å². The van der Waals surface area contributed by atoms with Crippen LogP contribution in [0.4, 0.5) is 0 Å². The first-order chi connectivity index (χ1) is 17.8. The number of benzene rings is 2. The Kier molecular flexibility index (Phi) is 5.93. The van der Waals surface area contributed by atoms with Crippen LogP contribution in [0.1, 0.15) is 22.8 Å². The van der Waals surface area contributed by atoms with E-state index in [9.17, 15) is 0 Å². The molecule has 0 aliphatic carbocycles. The number of nitrogens with zero attached hydrogens (tertiary/aromatic N) is 4. The van der Waals surface area contributed by atoms with Crippen LogP contribution in [0.15, 0.2) is 97.1 Å². The number of hydrogen-bond acceptors (Lipinski definition) is 2. The van der Waals surface area contributed by atoms with E-state index >= 15 is 0 Å². The van der Waals surface area contributed by atoms with Crippen molar-refractivity contribution in [1.29, 1.82) is 0 Å². The van der Waals surface area contributed by atoms with E-state index in [1.165, 1.54) is 0 Å². The third-order valence-corrected chi connectivity index (χ3v) is 6.39. The van der Waals surface area contributed by atoms with Crippen molar-refractivity contribution in [1.82, 2.24) is 19.9 Å². The zero-order chi connectivity index (χ0) is 23.9. The van der Waals surface area contributed by atoms with Gasteiger partial charge in [0.2, 0.25) is 0 Å². The van der Waals surface area contributed by atoms with Crippen molar-refractivity contribution in [2.75, 3.05) is 0 Å². The second kappa shape index (κ2) is 9.55. The van der Waals surface area contributed by atoms with Gasteiger partial charge >= 0.3 is 17.1 Å². The third kappa shape index (κ3) is 4.36. The quantitative estimate of drug-likeness (QED) is 0.227. The number of aromatic nitrogens is 4. The fraction of sp³-hybridized carbons (Fsp3) is 0. The summed E-state index contributed by atoms with van der Waals surface area (Å²) in [6.45, 7) is 0. The van der Waals surface area contributed by atoms with Crippen LogP contribution in [-0.4, -0.2) is 9.97 Å². The van der Waals surface area contributed by atoms with Gasteiger partial charge in [-0.05, 0) is 46.6 Å². The molecule has 2 aliphatic heterocycles. The van der Waals surface area contributed by atoms with Gasteiger partial charge in [0.1, 0.15) is 0 Å². The SMILES string of the molecule is C1=Cc2nc1cc1ccc([n-]1)c(-c1ccccc1)c1nc(cc3ccc([n-]3)c2-c2ccccc2)C=C1.[Fe+3]. The maximum Gasteiger partial charge on any atom is 3.00 e. The van der Waals surface area contributed by atoms with E-state index in [1.54, 1.807) is 0 Å². The minimum Gasteiger partial charge on any atom is -0.657 e. The van der Waals surface area contributed by atoms with E-state index in [0.717, 1.165) is 67.1 Å². The molecule has 0 saturated carbocycles. The van der Waals surface area contributed by atoms with Crippen molar-refractivity contribution in [3.05, 3.63) is 120 Å². The molecule has 37 heavy (non-hydrogen) atoms. The molecule has 3 aromatic heterocycles. The molecule has 5 heteroatoms. The van der Waals surface area contributed by atoms with Gasteiger partial charge in [0.25, 0.3) is 0 Å². The average Bonchev–Trinajstić information content (AvgIpc) is 3.72. The van der Waals surface area contributed by atoms with Gasteiger partial charge in [-0.15, -0.1) is 22.1 Å². The minimum atomic E-state index is 0. The summed E-state index contributed by atoms with van der Waals surface area (Å²) in [6.07, 6.45) is 8.18. The molecule has 0 atom stereocenters. The molecule has 0 saturated heterocycles. The van der Waals surface area contributed by atoms with E-state index < -0.39 is 0 Å². The van der Waals surface area contributed by atoms with Crippen LogP contribution in [-0.2, 0) is 17.1 Å². The van der Waals surface area contributed by atoms with Crippen molar-refractivity contribution in [2.24, 2.45) is 0 Å². The number of hydrogen-bond donors (Lipinski definition) is 0. The van der Waals surface area contributed by atoms with Crippen molar-refractivity contribution in [3.63, 3.8) is 0 Å². The molecular formula is C32H20FeN4+. The summed E-state index contributed by atoms with van der Waals surface area (Å²) in [5.41, 5.74) is 11.2. The molecule has 4 nitrogen and oxygen atoms in total. The van der Waals surface area contributed by atoms with Crippen molar-refractivity contribution >= 4 is 46.4 Å². The van der Waals surface area contributed by atoms with Crippen LogP contribution in [0, 0.1) is 0 Å². The minimum absolute atomic E-state index is 0. The standard InChI is InChI=1S/C32H20N4.Fe/c1-3-7-21(8-4-1)31-27-15-11-23(33-27)19-25-13-17-29(35-25)32(22-9-5-2-6-10-22)30-18-14-26(36-30)20-24-12-16-28(31)34-24;/h1-20H;/q-2;+3. The monoisotopic (exact) mass is 516 g/mol. The molecule has 2 aliphatic rings. The third-order valence-electron chi connectivity index (χ3n) is 6.39. The summed E-state index contributed by atoms with van der Waals surface area (Å²) in [6, 6.07) is 32.8. The van der Waals surface area contributed by atoms with Crippen LogP contribution < -0.4 is 9.97 Å². The normalized spacial score (nSPS) is 11.9. The molecular weight excluding hydrogens is 496 g/mol. The molecule has 0 amide bonds. The van der Waals surface area contributed by atoms with Crippen LogP contribution in [0.25, 0.3) is 68.6 Å². The predicted octanol–water partition coefficient (Wildman–Crippen LogP) is 7.25. The topological polar surface area (TPSA) is 54.0 Å². The van der Waals surface area contributed by atoms with Gasteiger partial charge in [-0.3, -0.25) is 0 Å². The molecule has 0 fully saturated rings. The maximum atomic E-state index is 4.95. The second-order valence-corrected chi connectivity index (χ2v) is 8.79. The Balaban J connectivity index is 0.00000252. The second-order valence-electron chi connectivity index (χ2n) is 8.79. The molecule has 1 radical (unpaired) electrons. The summed E-state index contributed by atoms with van der Waals surface area (Å²) in [5, 5.41) is 0. The van der Waals surface area contributed by atoms with Gasteiger partial charge in [-0.25, -0.2) is 9.97 Å². The Labute approximate surface area is 225 Å². The van der Waals surface area contributed by atoms with E-state index in [-0.39, 0.29) is 17.1 Å². The Morgan fingerprint density at radius 1 is 0.459 bits per heavy atom. The van der Waals surface area contributed by atoms with Crippen LogP contribution in [0.3, 0.4) is 0 Å². The molecule has 0 N–H and O–H groups in total. The van der Waals surface area contributed by atoms with E-state index in [2.05, 4.69) is 48.6 Å². The molecule has 0 unspecified atom stereocenters. The summed E-state index contributed by atoms with van der Waals surface area (Å²) >= 11 is 0. The Morgan fingerprint density at radius 3 is 1.32 bits per heavy atom. The number of fused-ring (bicyclic) bond motifs is 8. The average molecular weight is 516 g/mol. The van der Waals surface area contributed by atoms with E-state index in [4.69, 9.17) is 19.9 Å². The van der Waals surface area contributed by atoms with Crippen LogP contribution in [0.5, 0.6) is 0 Å². The van der Waals surface area contributed by atoms with Gasteiger partial charge < -0.3 is 9.97 Å². The summed E-state index contributed by atoms with van der Waals surface area (Å²) < 4.78 is 0.